The van der Waals surface area contributed by atoms with Gasteiger partial charge in [0.05, 0.1) is 23.9 Å². The average Bonchev–Trinajstić information content (AvgIpc) is 2.61. The van der Waals surface area contributed by atoms with Gasteiger partial charge in [0.2, 0.25) is 0 Å². The monoisotopic (exact) mass is 233 g/mol. The van der Waals surface area contributed by atoms with Crippen molar-refractivity contribution in [3.63, 3.8) is 0 Å². The first-order valence-corrected chi connectivity index (χ1v) is 4.92. The van der Waals surface area contributed by atoms with Crippen molar-refractivity contribution in [2.75, 3.05) is 0 Å². The average molecular weight is 234 g/mol. The van der Waals surface area contributed by atoms with Crippen LogP contribution >= 0.6 is 12.4 Å². The van der Waals surface area contributed by atoms with Crippen molar-refractivity contribution in [1.82, 2.24) is 9.78 Å². The van der Waals surface area contributed by atoms with E-state index in [0.29, 0.717) is 0 Å². The molecule has 0 unspecified atom stereocenters. The Morgan fingerprint density at radius 2 is 2.20 bits per heavy atom. The lowest BCUT2D eigenvalue weighted by Gasteiger charge is -1.96. The molecule has 1 rings (SSSR count). The van der Waals surface area contributed by atoms with Gasteiger partial charge in [0.25, 0.3) is 0 Å². The van der Waals surface area contributed by atoms with Gasteiger partial charge in [-0.2, -0.15) is 4.68 Å². The van der Waals surface area contributed by atoms with Crippen LogP contribution in [-0.2, 0) is 6.54 Å². The van der Waals surface area contributed by atoms with Crippen LogP contribution in [0.25, 0.3) is 0 Å². The summed E-state index contributed by atoms with van der Waals surface area (Å²) in [6, 6.07) is 1.43. The second-order valence-corrected chi connectivity index (χ2v) is 3.25. The van der Waals surface area contributed by atoms with Crippen molar-refractivity contribution >= 4 is 18.2 Å². The van der Waals surface area contributed by atoms with Gasteiger partial charge >= 0.3 is 5.82 Å². The van der Waals surface area contributed by atoms with Crippen LogP contribution in [0.1, 0.15) is 32.6 Å². The smallest absolute Gasteiger partial charge is 0.358 e. The number of nitro groups is 1. The molecule has 1 aromatic heterocycles. The van der Waals surface area contributed by atoms with Crippen molar-refractivity contribution < 1.29 is 4.92 Å². The summed E-state index contributed by atoms with van der Waals surface area (Å²) in [4.78, 5) is 9.85. The predicted molar refractivity (Wildman–Crippen MR) is 60.3 cm³/mol. The van der Waals surface area contributed by atoms with E-state index in [1.165, 1.54) is 18.9 Å². The lowest BCUT2D eigenvalue weighted by molar-refractivity contribution is -0.389. The van der Waals surface area contributed by atoms with Gasteiger partial charge in [-0.1, -0.05) is 26.2 Å². The fourth-order valence-electron chi connectivity index (χ4n) is 1.27. The summed E-state index contributed by atoms with van der Waals surface area (Å²) in [5, 5.41) is 14.1. The van der Waals surface area contributed by atoms with Crippen LogP contribution in [0.4, 0.5) is 5.82 Å². The Hall–Kier alpha value is -1.10. The van der Waals surface area contributed by atoms with E-state index in [1.807, 2.05) is 0 Å². The molecule has 0 aliphatic heterocycles. The Morgan fingerprint density at radius 3 is 2.73 bits per heavy atom. The number of hydrogen-bond donors (Lipinski definition) is 0. The molecule has 0 bridgehead atoms. The topological polar surface area (TPSA) is 61.0 Å². The second kappa shape index (κ2) is 7.23. The van der Waals surface area contributed by atoms with E-state index in [0.717, 1.165) is 19.4 Å². The van der Waals surface area contributed by atoms with Crippen LogP contribution in [0.2, 0.25) is 0 Å². The van der Waals surface area contributed by atoms with Gasteiger partial charge in [-0.3, -0.25) is 0 Å². The summed E-state index contributed by atoms with van der Waals surface area (Å²) in [6.07, 6.45) is 6.25. The van der Waals surface area contributed by atoms with Crippen LogP contribution in [0.5, 0.6) is 0 Å². The minimum Gasteiger partial charge on any atom is -0.358 e. The molecule has 0 atom stereocenters. The Labute approximate surface area is 95.0 Å². The van der Waals surface area contributed by atoms with Gasteiger partial charge in [-0.05, 0) is 11.3 Å². The first-order valence-electron chi connectivity index (χ1n) is 4.92. The van der Waals surface area contributed by atoms with Gasteiger partial charge in [0.1, 0.15) is 0 Å². The van der Waals surface area contributed by atoms with Crippen molar-refractivity contribution in [3.8, 4) is 0 Å². The van der Waals surface area contributed by atoms with Crippen molar-refractivity contribution in [3.05, 3.63) is 22.4 Å². The molecule has 6 heteroatoms. The summed E-state index contributed by atoms with van der Waals surface area (Å²) in [5.41, 5.74) is 0. The third-order valence-corrected chi connectivity index (χ3v) is 2.05. The molecule has 1 aromatic rings. The van der Waals surface area contributed by atoms with Gasteiger partial charge in [-0.25, -0.2) is 0 Å². The summed E-state index contributed by atoms with van der Waals surface area (Å²) in [6.45, 7) is 2.92. The molecule has 0 radical (unpaired) electrons. The Kier molecular flexibility index (Phi) is 6.70. The molecule has 0 spiro atoms. The first kappa shape index (κ1) is 13.9. The molecule has 0 aromatic carbocycles. The molecule has 0 N–H and O–H groups in total. The SMILES string of the molecule is CCCCCCn1ccc([N+](=O)[O-])n1.Cl. The fraction of sp³-hybridized carbons (Fsp3) is 0.667. The Balaban J connectivity index is 0.00000196. The Morgan fingerprint density at radius 1 is 1.47 bits per heavy atom. The zero-order valence-electron chi connectivity index (χ0n) is 8.76. The van der Waals surface area contributed by atoms with Crippen LogP contribution in [-0.4, -0.2) is 14.7 Å². The highest BCUT2D eigenvalue weighted by Crippen LogP contribution is 2.07. The zero-order chi connectivity index (χ0) is 10.4. The number of hydrogen-bond acceptors (Lipinski definition) is 3. The highest BCUT2D eigenvalue weighted by Gasteiger charge is 2.09. The number of unbranched alkanes of at least 4 members (excludes halogenated alkanes) is 3. The highest BCUT2D eigenvalue weighted by molar-refractivity contribution is 5.85. The van der Waals surface area contributed by atoms with Crippen LogP contribution in [0.3, 0.4) is 0 Å². The van der Waals surface area contributed by atoms with E-state index in [1.54, 1.807) is 10.9 Å². The van der Waals surface area contributed by atoms with Crippen molar-refractivity contribution in [2.45, 2.75) is 39.2 Å². The normalized spacial score (nSPS) is 9.67. The lowest BCUT2D eigenvalue weighted by Crippen LogP contribution is -1.99. The minimum absolute atomic E-state index is 0. The largest absolute Gasteiger partial charge is 0.389 e. The van der Waals surface area contributed by atoms with Crippen molar-refractivity contribution in [2.24, 2.45) is 0 Å². The van der Waals surface area contributed by atoms with Gasteiger partial charge in [0, 0.05) is 0 Å². The summed E-state index contributed by atoms with van der Waals surface area (Å²) >= 11 is 0. The van der Waals surface area contributed by atoms with Crippen LogP contribution in [0, 0.1) is 10.1 Å². The first-order chi connectivity index (χ1) is 6.74. The van der Waals surface area contributed by atoms with Crippen LogP contribution in [0.15, 0.2) is 12.3 Å². The minimum atomic E-state index is -0.470. The van der Waals surface area contributed by atoms with E-state index >= 15 is 0 Å². The molecule has 86 valence electrons. The number of nitrogens with zero attached hydrogens (tertiary/aromatic N) is 3. The molecule has 0 saturated carbocycles. The van der Waals surface area contributed by atoms with E-state index in [9.17, 15) is 10.1 Å². The molecule has 0 amide bonds. The van der Waals surface area contributed by atoms with Gasteiger partial charge in [0.15, 0.2) is 0 Å². The van der Waals surface area contributed by atoms with E-state index in [-0.39, 0.29) is 18.2 Å². The third-order valence-electron chi connectivity index (χ3n) is 2.05. The van der Waals surface area contributed by atoms with Crippen LogP contribution < -0.4 is 0 Å². The fourth-order valence-corrected chi connectivity index (χ4v) is 1.27. The molecule has 0 aliphatic rings. The molecule has 15 heavy (non-hydrogen) atoms. The molecule has 1 heterocycles. The molecular weight excluding hydrogens is 218 g/mol. The molecule has 0 aliphatic carbocycles. The quantitative estimate of drug-likeness (QED) is 0.431. The maximum Gasteiger partial charge on any atom is 0.389 e. The number of aromatic nitrogens is 2. The van der Waals surface area contributed by atoms with E-state index < -0.39 is 4.92 Å². The number of aryl methyl sites for hydroxylation is 1. The standard InChI is InChI=1S/C9H15N3O2.ClH/c1-2-3-4-5-7-11-8-6-9(10-11)12(13)14;/h6,8H,2-5,7H2,1H3;1H. The molecule has 0 saturated heterocycles. The summed E-state index contributed by atoms with van der Waals surface area (Å²) < 4.78 is 1.63. The zero-order valence-corrected chi connectivity index (χ0v) is 9.57. The van der Waals surface area contributed by atoms with Crippen molar-refractivity contribution in [1.29, 1.82) is 0 Å². The number of halogens is 1. The molecule has 0 fully saturated rings. The number of rotatable bonds is 6. The van der Waals surface area contributed by atoms with E-state index in [2.05, 4.69) is 12.0 Å². The van der Waals surface area contributed by atoms with Gasteiger partial charge < -0.3 is 10.1 Å². The maximum absolute atomic E-state index is 10.3. The second-order valence-electron chi connectivity index (χ2n) is 3.25. The molecule has 5 nitrogen and oxygen atoms in total. The maximum atomic E-state index is 10.3. The highest BCUT2D eigenvalue weighted by atomic mass is 35.5. The summed E-state index contributed by atoms with van der Waals surface area (Å²) in [7, 11) is 0. The van der Waals surface area contributed by atoms with E-state index in [4.69, 9.17) is 0 Å². The predicted octanol–water partition coefficient (Wildman–Crippen LogP) is 2.79. The Bertz CT molecular complexity index is 301. The lowest BCUT2D eigenvalue weighted by atomic mass is 10.2. The van der Waals surface area contributed by atoms with Gasteiger partial charge in [-0.15, -0.1) is 12.4 Å². The summed E-state index contributed by atoms with van der Waals surface area (Å²) in [5.74, 6) is -0.0690. The molecular formula is C9H16ClN3O2. The third kappa shape index (κ3) is 4.78.